The Labute approximate surface area is 159 Å². The molecule has 1 aliphatic carbocycles. The van der Waals surface area contributed by atoms with E-state index in [-0.39, 0.29) is 5.92 Å². The summed E-state index contributed by atoms with van der Waals surface area (Å²) < 4.78 is 0. The van der Waals surface area contributed by atoms with Gasteiger partial charge in [-0.1, -0.05) is 12.1 Å². The zero-order valence-electron chi connectivity index (χ0n) is 15.3. The zero-order valence-corrected chi connectivity index (χ0v) is 15.3. The predicted octanol–water partition coefficient (Wildman–Crippen LogP) is 4.91. The van der Waals surface area contributed by atoms with Crippen molar-refractivity contribution < 1.29 is 0 Å². The number of nitriles is 1. The largest absolute Gasteiger partial charge is 0.356 e. The summed E-state index contributed by atoms with van der Waals surface area (Å²) in [5.41, 5.74) is 3.59. The number of rotatable bonds is 3. The van der Waals surface area contributed by atoms with E-state index < -0.39 is 0 Å². The van der Waals surface area contributed by atoms with E-state index in [0.29, 0.717) is 0 Å². The SMILES string of the molecule is N#CC1CCN(c2nccc3ccc(-c4cc(C5CC5)ccn4)cc23)CC1. The van der Waals surface area contributed by atoms with Gasteiger partial charge in [-0.05, 0) is 66.8 Å². The second-order valence-electron chi connectivity index (χ2n) is 7.71. The Kier molecular flexibility index (Phi) is 4.01. The first-order chi connectivity index (χ1) is 13.3. The van der Waals surface area contributed by atoms with Gasteiger partial charge in [0, 0.05) is 42.4 Å². The summed E-state index contributed by atoms with van der Waals surface area (Å²) in [4.78, 5) is 11.6. The minimum atomic E-state index is 0.182. The summed E-state index contributed by atoms with van der Waals surface area (Å²) >= 11 is 0. The number of piperidine rings is 1. The number of pyridine rings is 2. The first-order valence-electron chi connectivity index (χ1n) is 9.81. The number of aromatic nitrogens is 2. The van der Waals surface area contributed by atoms with Crippen molar-refractivity contribution in [1.29, 1.82) is 5.26 Å². The highest BCUT2D eigenvalue weighted by Gasteiger charge is 2.24. The Morgan fingerprint density at radius 3 is 2.52 bits per heavy atom. The molecule has 5 rings (SSSR count). The molecular formula is C23H22N4. The fraction of sp³-hybridized carbons (Fsp3) is 0.348. The van der Waals surface area contributed by atoms with Crippen molar-refractivity contribution in [3.63, 3.8) is 0 Å². The molecule has 4 nitrogen and oxygen atoms in total. The van der Waals surface area contributed by atoms with Crippen LogP contribution in [-0.4, -0.2) is 23.1 Å². The quantitative estimate of drug-likeness (QED) is 0.670. The lowest BCUT2D eigenvalue weighted by Gasteiger charge is -2.31. The van der Waals surface area contributed by atoms with Crippen molar-refractivity contribution in [2.45, 2.75) is 31.6 Å². The Balaban J connectivity index is 1.53. The van der Waals surface area contributed by atoms with Crippen LogP contribution in [0, 0.1) is 17.2 Å². The molecule has 1 aromatic carbocycles. The van der Waals surface area contributed by atoms with Gasteiger partial charge >= 0.3 is 0 Å². The lowest BCUT2D eigenvalue weighted by atomic mass is 9.98. The molecule has 0 spiro atoms. The molecule has 134 valence electrons. The van der Waals surface area contributed by atoms with Crippen molar-refractivity contribution in [2.75, 3.05) is 18.0 Å². The Hall–Kier alpha value is -2.93. The van der Waals surface area contributed by atoms with Crippen LogP contribution < -0.4 is 4.90 Å². The third-order valence-electron chi connectivity index (χ3n) is 5.85. The lowest BCUT2D eigenvalue weighted by molar-refractivity contribution is 0.486. The fourth-order valence-corrected chi connectivity index (χ4v) is 4.06. The van der Waals surface area contributed by atoms with Gasteiger partial charge in [0.15, 0.2) is 0 Å². The minimum Gasteiger partial charge on any atom is -0.356 e. The summed E-state index contributed by atoms with van der Waals surface area (Å²) in [6, 6.07) is 15.4. The minimum absolute atomic E-state index is 0.182. The number of benzene rings is 1. The average molecular weight is 354 g/mol. The van der Waals surface area contributed by atoms with Gasteiger partial charge in [-0.25, -0.2) is 4.98 Å². The van der Waals surface area contributed by atoms with Crippen LogP contribution in [0.5, 0.6) is 0 Å². The van der Waals surface area contributed by atoms with Gasteiger partial charge in [0.1, 0.15) is 5.82 Å². The van der Waals surface area contributed by atoms with Crippen LogP contribution >= 0.6 is 0 Å². The van der Waals surface area contributed by atoms with Crippen LogP contribution in [0.25, 0.3) is 22.0 Å². The van der Waals surface area contributed by atoms with E-state index >= 15 is 0 Å². The fourth-order valence-electron chi connectivity index (χ4n) is 4.06. The van der Waals surface area contributed by atoms with Crippen LogP contribution in [-0.2, 0) is 0 Å². The standard InChI is InChI=1S/C23H22N4/c24-15-16-7-11-27(12-8-16)23-21-13-20(4-3-18(21)5-10-26-23)22-14-19(6-9-25-22)17-1-2-17/h3-6,9-10,13-14,16-17H,1-2,7-8,11-12H2. The molecule has 27 heavy (non-hydrogen) atoms. The topological polar surface area (TPSA) is 52.8 Å². The van der Waals surface area contributed by atoms with E-state index in [1.165, 1.54) is 29.2 Å². The van der Waals surface area contributed by atoms with E-state index in [1.807, 2.05) is 12.4 Å². The molecule has 3 heterocycles. The summed E-state index contributed by atoms with van der Waals surface area (Å²) in [6.07, 6.45) is 8.25. The van der Waals surface area contributed by atoms with Gasteiger partial charge in [-0.3, -0.25) is 4.98 Å². The van der Waals surface area contributed by atoms with Gasteiger partial charge in [0.2, 0.25) is 0 Å². The second kappa shape index (κ2) is 6.66. The molecule has 3 aromatic rings. The molecule has 0 radical (unpaired) electrons. The van der Waals surface area contributed by atoms with Gasteiger partial charge in [-0.15, -0.1) is 0 Å². The highest BCUT2D eigenvalue weighted by molar-refractivity contribution is 5.95. The van der Waals surface area contributed by atoms with Crippen molar-refractivity contribution in [2.24, 2.45) is 5.92 Å². The van der Waals surface area contributed by atoms with Gasteiger partial charge < -0.3 is 4.90 Å². The smallest absolute Gasteiger partial charge is 0.136 e. The second-order valence-corrected chi connectivity index (χ2v) is 7.71. The number of nitrogens with zero attached hydrogens (tertiary/aromatic N) is 4. The van der Waals surface area contributed by atoms with E-state index in [1.54, 1.807) is 0 Å². The summed E-state index contributed by atoms with van der Waals surface area (Å²) in [6.45, 7) is 1.79. The maximum atomic E-state index is 9.16. The monoisotopic (exact) mass is 354 g/mol. The van der Waals surface area contributed by atoms with Crippen molar-refractivity contribution in [3.05, 3.63) is 54.4 Å². The van der Waals surface area contributed by atoms with Crippen LogP contribution in [0.15, 0.2) is 48.8 Å². The molecule has 2 fully saturated rings. The first-order valence-corrected chi connectivity index (χ1v) is 9.81. The van der Waals surface area contributed by atoms with E-state index in [4.69, 9.17) is 10.2 Å². The molecular weight excluding hydrogens is 332 g/mol. The Bertz CT molecular complexity index is 1020. The van der Waals surface area contributed by atoms with Crippen LogP contribution in [0.2, 0.25) is 0 Å². The first kappa shape index (κ1) is 16.3. The molecule has 0 amide bonds. The van der Waals surface area contributed by atoms with Gasteiger partial charge in [0.25, 0.3) is 0 Å². The van der Waals surface area contributed by atoms with Crippen LogP contribution in [0.3, 0.4) is 0 Å². The van der Waals surface area contributed by atoms with Crippen LogP contribution in [0.4, 0.5) is 5.82 Å². The maximum Gasteiger partial charge on any atom is 0.136 e. The highest BCUT2D eigenvalue weighted by atomic mass is 15.2. The van der Waals surface area contributed by atoms with Gasteiger partial charge in [-0.2, -0.15) is 5.26 Å². The summed E-state index contributed by atoms with van der Waals surface area (Å²) in [5.74, 6) is 1.94. The van der Waals surface area contributed by atoms with Crippen molar-refractivity contribution in [3.8, 4) is 17.3 Å². The predicted molar refractivity (Wildman–Crippen MR) is 107 cm³/mol. The van der Waals surface area contributed by atoms with Gasteiger partial charge in [0.05, 0.1) is 11.8 Å². The number of hydrogen-bond acceptors (Lipinski definition) is 4. The Morgan fingerprint density at radius 2 is 1.74 bits per heavy atom. The number of anilines is 1. The lowest BCUT2D eigenvalue weighted by Crippen LogP contribution is -2.33. The molecule has 0 N–H and O–H groups in total. The average Bonchev–Trinajstić information content (AvgIpc) is 3.59. The van der Waals surface area contributed by atoms with E-state index in [9.17, 15) is 0 Å². The molecule has 1 saturated carbocycles. The van der Waals surface area contributed by atoms with Crippen LogP contribution in [0.1, 0.15) is 37.2 Å². The molecule has 1 saturated heterocycles. The third-order valence-corrected chi connectivity index (χ3v) is 5.85. The molecule has 1 aliphatic heterocycles. The highest BCUT2D eigenvalue weighted by Crippen LogP contribution is 2.41. The Morgan fingerprint density at radius 1 is 0.926 bits per heavy atom. The zero-order chi connectivity index (χ0) is 18.2. The van der Waals surface area contributed by atoms with Crippen molar-refractivity contribution >= 4 is 16.6 Å². The molecule has 0 atom stereocenters. The number of fused-ring (bicyclic) bond motifs is 1. The third kappa shape index (κ3) is 3.14. The maximum absolute atomic E-state index is 9.16. The van der Waals surface area contributed by atoms with E-state index in [2.05, 4.69) is 52.4 Å². The van der Waals surface area contributed by atoms with E-state index in [0.717, 1.165) is 48.9 Å². The van der Waals surface area contributed by atoms with Crippen molar-refractivity contribution in [1.82, 2.24) is 9.97 Å². The normalized spacial score (nSPS) is 17.8. The number of hydrogen-bond donors (Lipinski definition) is 0. The molecule has 0 unspecified atom stereocenters. The summed E-state index contributed by atoms with van der Waals surface area (Å²) in [5, 5.41) is 11.5. The summed E-state index contributed by atoms with van der Waals surface area (Å²) in [7, 11) is 0. The molecule has 2 aromatic heterocycles. The molecule has 2 aliphatic rings. The molecule has 4 heteroatoms. The molecule has 0 bridgehead atoms.